The van der Waals surface area contributed by atoms with E-state index in [1.165, 1.54) is 0 Å². The summed E-state index contributed by atoms with van der Waals surface area (Å²) in [7, 11) is 0. The van der Waals surface area contributed by atoms with Crippen molar-refractivity contribution in [3.8, 4) is 0 Å². The van der Waals surface area contributed by atoms with Crippen LogP contribution in [0.25, 0.3) is 44.8 Å². The highest BCUT2D eigenvalue weighted by Crippen LogP contribution is 2.59. The molecule has 2 aliphatic heterocycles. The summed E-state index contributed by atoms with van der Waals surface area (Å²) in [5.41, 5.74) is -32.1. The van der Waals surface area contributed by atoms with Crippen molar-refractivity contribution in [3.05, 3.63) is 67.7 Å². The highest BCUT2D eigenvalue weighted by molar-refractivity contribution is 9.15. The van der Waals surface area contributed by atoms with Crippen molar-refractivity contribution in [2.24, 2.45) is 0 Å². The lowest BCUT2D eigenvalue weighted by atomic mass is 9.98. The van der Waals surface area contributed by atoms with Crippen LogP contribution in [0, 0.1) is 0 Å². The van der Waals surface area contributed by atoms with Crippen molar-refractivity contribution in [1.29, 1.82) is 0 Å². The maximum Gasteiger partial charge on any atom is 0.460 e. The van der Waals surface area contributed by atoms with Gasteiger partial charge in [0.25, 0.3) is 0 Å². The zero-order valence-electron chi connectivity index (χ0n) is 29.7. The summed E-state index contributed by atoms with van der Waals surface area (Å²) in [4.78, 5) is 7.34. The molecule has 0 fully saturated rings. The van der Waals surface area contributed by atoms with Crippen molar-refractivity contribution in [3.63, 3.8) is 0 Å². The van der Waals surface area contributed by atoms with E-state index in [4.69, 9.17) is 0 Å². The van der Waals surface area contributed by atoms with E-state index < -0.39 is 185 Å². The SMILES string of the molecule is FC(F)(F)C(F)(F)C(F)(F)c1c2nc(c(C(F)(F)C(F)(F)C(F)(F)F)c3[nH]c(cc3Br)c(C(F)(F)C(F)(F)C(F)(F)F)c3ccc([nH]3)c(C(F)(F)C(F)(F)C(F)(F)F)c3nc1C(Br)=C3)C=C2. The summed E-state index contributed by atoms with van der Waals surface area (Å²) in [5, 5.41) is 0. The van der Waals surface area contributed by atoms with Gasteiger partial charge in [-0.15, -0.1) is 0 Å². The van der Waals surface area contributed by atoms with Crippen molar-refractivity contribution in [2.75, 3.05) is 0 Å². The van der Waals surface area contributed by atoms with Crippen LogP contribution >= 0.6 is 31.9 Å². The van der Waals surface area contributed by atoms with Gasteiger partial charge in [-0.25, -0.2) is 9.97 Å². The lowest BCUT2D eigenvalue weighted by Gasteiger charge is -2.29. The van der Waals surface area contributed by atoms with E-state index in [-0.39, 0.29) is 0 Å². The molecule has 3 aromatic rings. The third-order valence-electron chi connectivity index (χ3n) is 9.14. The van der Waals surface area contributed by atoms with Gasteiger partial charge in [-0.3, -0.25) is 0 Å². The highest BCUT2D eigenvalue weighted by atomic mass is 79.9. The van der Waals surface area contributed by atoms with Gasteiger partial charge in [0.1, 0.15) is 0 Å². The maximum absolute atomic E-state index is 15.8. The summed E-state index contributed by atoms with van der Waals surface area (Å²) in [6.45, 7) is 0. The van der Waals surface area contributed by atoms with Crippen LogP contribution < -0.4 is 0 Å². The predicted octanol–water partition coefficient (Wildman–Crippen LogP) is 15.3. The summed E-state index contributed by atoms with van der Waals surface area (Å²) in [6.07, 6.45) is -31.5. The van der Waals surface area contributed by atoms with Crippen LogP contribution in [0.15, 0.2) is 22.7 Å². The van der Waals surface area contributed by atoms with Gasteiger partial charge in [0.2, 0.25) is 0 Å². The first-order valence-corrected chi connectivity index (χ1v) is 17.6. The standard InChI is InChI=1S/C32H8Br2F28N4/c33-7-5-13-15(21(35,36)25(43,44)29(51,52)53)9-1-2-10(63-9)16(22(37,38)26(45,46)30(54,55)56)14-6-8(34)20(66-14)18(24(41,42)28(49,50)32(60,61)62)12-4-3-11(64-12)17(19(7)65-13)23(39,40)27(47,48)31(57,58)59/h1-6,63,65H. The topological polar surface area (TPSA) is 57.4 Å². The van der Waals surface area contributed by atoms with Crippen LogP contribution in [0.1, 0.15) is 45.0 Å². The molecular formula is C32H8Br2F28N4. The van der Waals surface area contributed by atoms with Crippen molar-refractivity contribution in [1.82, 2.24) is 19.9 Å². The molecule has 0 saturated heterocycles. The normalized spacial score (nSPS) is 15.8. The number of hydrogen-bond donors (Lipinski definition) is 2. The number of halogens is 30. The molecule has 0 aliphatic carbocycles. The molecule has 0 spiro atoms. The number of fused-ring (bicyclic) bond motifs is 8. The van der Waals surface area contributed by atoms with E-state index in [2.05, 4.69) is 41.8 Å². The first-order valence-electron chi connectivity index (χ1n) is 16.0. The second-order valence-electron chi connectivity index (χ2n) is 13.3. The van der Waals surface area contributed by atoms with E-state index >= 15 is 35.1 Å². The number of aromatic amines is 2. The molecule has 0 aromatic carbocycles. The lowest BCUT2D eigenvalue weighted by molar-refractivity contribution is -0.359. The Labute approximate surface area is 359 Å². The molecule has 5 heterocycles. The zero-order valence-corrected chi connectivity index (χ0v) is 32.9. The quantitative estimate of drug-likeness (QED) is 0.173. The molecule has 0 saturated carbocycles. The van der Waals surface area contributed by atoms with Crippen molar-refractivity contribution < 1.29 is 123 Å². The second-order valence-corrected chi connectivity index (χ2v) is 15.0. The number of rotatable bonds is 8. The second kappa shape index (κ2) is 15.0. The van der Waals surface area contributed by atoms with Gasteiger partial charge in [-0.05, 0) is 68.3 Å². The zero-order chi connectivity index (χ0) is 51.2. The summed E-state index contributed by atoms with van der Waals surface area (Å²) < 4.78 is 403. The lowest BCUT2D eigenvalue weighted by Crippen LogP contribution is -2.50. The molecular weight excluding hydrogens is 1130 g/mol. The van der Waals surface area contributed by atoms with Crippen LogP contribution in [0.2, 0.25) is 0 Å². The van der Waals surface area contributed by atoms with Crippen LogP contribution in [0.5, 0.6) is 0 Å². The van der Waals surface area contributed by atoms with E-state index in [0.29, 0.717) is 0 Å². The first kappa shape index (κ1) is 52.6. The fourth-order valence-electron chi connectivity index (χ4n) is 5.94. The number of H-pyrrole nitrogens is 2. The van der Waals surface area contributed by atoms with Gasteiger partial charge in [0.05, 0.1) is 67.1 Å². The minimum atomic E-state index is -7.56. The van der Waals surface area contributed by atoms with E-state index in [0.717, 1.165) is 9.97 Å². The molecule has 0 amide bonds. The van der Waals surface area contributed by atoms with E-state index in [1.54, 1.807) is 0 Å². The Hall–Kier alpha value is -4.40. The van der Waals surface area contributed by atoms with Gasteiger partial charge >= 0.3 is 72.1 Å². The number of hydrogen-bond acceptors (Lipinski definition) is 2. The first-order chi connectivity index (χ1) is 29.2. The van der Waals surface area contributed by atoms with Crippen LogP contribution in [0.4, 0.5) is 123 Å². The van der Waals surface area contributed by atoms with E-state index in [9.17, 15) is 87.8 Å². The Balaban J connectivity index is 2.29. The van der Waals surface area contributed by atoms with Crippen molar-refractivity contribution >= 4 is 76.6 Å². The van der Waals surface area contributed by atoms with Gasteiger partial charge in [0.15, 0.2) is 0 Å². The Morgan fingerprint density at radius 1 is 0.379 bits per heavy atom. The molecule has 5 rings (SSSR count). The average molecular weight is 1140 g/mol. The Kier molecular flexibility index (Phi) is 12.0. The third kappa shape index (κ3) is 7.46. The molecule has 0 unspecified atom stereocenters. The molecule has 0 radical (unpaired) electrons. The molecule has 3 aromatic heterocycles. The largest absolute Gasteiger partial charge is 0.460 e. The average Bonchev–Trinajstić information content (AvgIpc) is 3.92. The smallest absolute Gasteiger partial charge is 0.355 e. The third-order valence-corrected chi connectivity index (χ3v) is 10.4. The molecule has 4 nitrogen and oxygen atoms in total. The molecule has 8 bridgehead atoms. The van der Waals surface area contributed by atoms with Crippen LogP contribution in [0.3, 0.4) is 0 Å². The molecule has 66 heavy (non-hydrogen) atoms. The minimum absolute atomic E-state index is 0.455. The van der Waals surface area contributed by atoms with Gasteiger partial charge in [-0.1, -0.05) is 0 Å². The number of aromatic nitrogens is 4. The number of nitrogens with one attached hydrogen (secondary N) is 2. The Morgan fingerprint density at radius 2 is 0.727 bits per heavy atom. The van der Waals surface area contributed by atoms with E-state index in [1.807, 2.05) is 0 Å². The van der Waals surface area contributed by atoms with Crippen molar-refractivity contribution in [2.45, 2.75) is 72.1 Å². The minimum Gasteiger partial charge on any atom is -0.355 e. The highest BCUT2D eigenvalue weighted by Gasteiger charge is 2.78. The van der Waals surface area contributed by atoms with Gasteiger partial charge in [-0.2, -0.15) is 123 Å². The van der Waals surface area contributed by atoms with Gasteiger partial charge < -0.3 is 9.97 Å². The Bertz CT molecular complexity index is 2690. The summed E-state index contributed by atoms with van der Waals surface area (Å²) >= 11 is 4.16. The van der Waals surface area contributed by atoms with Gasteiger partial charge in [0, 0.05) is 8.96 Å². The number of alkyl halides is 28. The fourth-order valence-corrected chi connectivity index (χ4v) is 6.97. The van der Waals surface area contributed by atoms with Crippen LogP contribution in [-0.4, -0.2) is 68.3 Å². The molecule has 2 N–H and O–H groups in total. The monoisotopic (exact) mass is 1140 g/mol. The molecule has 366 valence electrons. The fraction of sp³-hybridized carbons (Fsp3) is 0.375. The van der Waals surface area contributed by atoms with Crippen LogP contribution in [-0.2, 0) is 23.7 Å². The summed E-state index contributed by atoms with van der Waals surface area (Å²) in [5.74, 6) is -58.5. The summed E-state index contributed by atoms with van der Waals surface area (Å²) in [6, 6.07) is -1.39. The Morgan fingerprint density at radius 3 is 1.14 bits per heavy atom. The molecule has 2 aliphatic rings. The number of nitrogens with zero attached hydrogens (tertiary/aromatic N) is 2. The molecule has 0 atom stereocenters. The molecule has 34 heteroatoms. The maximum atomic E-state index is 15.8. The predicted molar refractivity (Wildman–Crippen MR) is 174 cm³/mol.